The van der Waals surface area contributed by atoms with E-state index in [2.05, 4.69) is 9.97 Å². The van der Waals surface area contributed by atoms with Crippen LogP contribution in [0.25, 0.3) is 10.0 Å². The van der Waals surface area contributed by atoms with Crippen molar-refractivity contribution in [3.63, 3.8) is 0 Å². The number of hydrogen-bond acceptors (Lipinski definition) is 7. The lowest BCUT2D eigenvalue weighted by molar-refractivity contribution is 0.0593. The Bertz CT molecular complexity index is 551. The largest absolute Gasteiger partial charge is 0.464 e. The van der Waals surface area contributed by atoms with Crippen molar-refractivity contribution < 1.29 is 14.6 Å². The molecule has 0 bridgehead atoms. The highest BCUT2D eigenvalue weighted by atomic mass is 32.1. The van der Waals surface area contributed by atoms with Gasteiger partial charge in [-0.1, -0.05) is 6.92 Å². The van der Waals surface area contributed by atoms with E-state index >= 15 is 0 Å². The van der Waals surface area contributed by atoms with E-state index in [1.54, 1.807) is 6.20 Å². The van der Waals surface area contributed by atoms with Crippen molar-refractivity contribution in [3.05, 3.63) is 22.1 Å². The number of ether oxygens (including phenoxy) is 1. The van der Waals surface area contributed by atoms with E-state index in [1.165, 1.54) is 29.8 Å². The number of nitrogens with zero attached hydrogens (tertiary/aromatic N) is 2. The Hall–Kier alpha value is -1.31. The van der Waals surface area contributed by atoms with Gasteiger partial charge in [-0.15, -0.1) is 22.7 Å². The van der Waals surface area contributed by atoms with Gasteiger partial charge in [0.25, 0.3) is 0 Å². The molecule has 0 aliphatic rings. The van der Waals surface area contributed by atoms with Crippen LogP contribution in [0.4, 0.5) is 0 Å². The number of carbonyl (C=O) groups is 1. The van der Waals surface area contributed by atoms with Crippen molar-refractivity contribution in [2.45, 2.75) is 13.3 Å². The second-order valence-corrected chi connectivity index (χ2v) is 6.09. The molecule has 7 heteroatoms. The summed E-state index contributed by atoms with van der Waals surface area (Å²) in [4.78, 5) is 21.1. The van der Waals surface area contributed by atoms with Gasteiger partial charge in [0.1, 0.15) is 0 Å². The zero-order chi connectivity index (χ0) is 13.8. The Kier molecular flexibility index (Phi) is 4.62. The highest BCUT2D eigenvalue weighted by molar-refractivity contribution is 7.20. The number of thiazole rings is 2. The molecule has 0 spiro atoms. The molecule has 5 nitrogen and oxygen atoms in total. The maximum absolute atomic E-state index is 11.7. The van der Waals surface area contributed by atoms with Crippen LogP contribution in [0.5, 0.6) is 0 Å². The lowest BCUT2D eigenvalue weighted by atomic mass is 10.1. The monoisotopic (exact) mass is 298 g/mol. The molecule has 2 aromatic heterocycles. The topological polar surface area (TPSA) is 72.3 Å². The molecular weight excluding hydrogens is 284 g/mol. The van der Waals surface area contributed by atoms with Gasteiger partial charge in [-0.25, -0.2) is 14.8 Å². The smallest absolute Gasteiger partial charge is 0.357 e. The molecule has 0 aliphatic heterocycles. The third-order valence-electron chi connectivity index (χ3n) is 2.54. The van der Waals surface area contributed by atoms with Crippen molar-refractivity contribution in [1.29, 1.82) is 0 Å². The molecule has 0 aromatic carbocycles. The fourth-order valence-corrected chi connectivity index (χ4v) is 3.44. The van der Waals surface area contributed by atoms with E-state index in [-0.39, 0.29) is 12.5 Å². The number of esters is 1. The molecular formula is C12H14N2O3S2. The fourth-order valence-electron chi connectivity index (χ4n) is 1.55. The van der Waals surface area contributed by atoms with E-state index in [1.807, 2.05) is 12.3 Å². The zero-order valence-electron chi connectivity index (χ0n) is 10.6. The third-order valence-corrected chi connectivity index (χ3v) is 4.53. The number of aromatic nitrogens is 2. The first-order valence-corrected chi connectivity index (χ1v) is 7.44. The number of rotatable bonds is 5. The predicted octanol–water partition coefficient (Wildman–Crippen LogP) is 2.22. The summed E-state index contributed by atoms with van der Waals surface area (Å²) in [6.07, 6.45) is 2.30. The highest BCUT2D eigenvalue weighted by Gasteiger charge is 2.21. The first-order chi connectivity index (χ1) is 9.15. The number of aliphatic hydroxyl groups excluding tert-OH is 1. The maximum Gasteiger partial charge on any atom is 0.357 e. The van der Waals surface area contributed by atoms with Crippen molar-refractivity contribution in [2.75, 3.05) is 13.7 Å². The molecule has 0 saturated heterocycles. The summed E-state index contributed by atoms with van der Waals surface area (Å²) in [5, 5.41) is 12.5. The van der Waals surface area contributed by atoms with E-state index in [4.69, 9.17) is 9.84 Å². The molecule has 1 N–H and O–H groups in total. The summed E-state index contributed by atoms with van der Waals surface area (Å²) in [7, 11) is 1.34. The van der Waals surface area contributed by atoms with Crippen molar-refractivity contribution in [2.24, 2.45) is 5.92 Å². The molecule has 1 atom stereocenters. The lowest BCUT2D eigenvalue weighted by Crippen LogP contribution is -2.09. The number of methoxy groups -OCH3 is 1. The average Bonchev–Trinajstić information content (AvgIpc) is 3.06. The van der Waals surface area contributed by atoms with Crippen LogP contribution < -0.4 is 0 Å². The van der Waals surface area contributed by atoms with Crippen LogP contribution in [0, 0.1) is 5.92 Å². The summed E-state index contributed by atoms with van der Waals surface area (Å²) >= 11 is 2.91. The third kappa shape index (κ3) is 3.17. The summed E-state index contributed by atoms with van der Waals surface area (Å²) in [6, 6.07) is 0. The average molecular weight is 298 g/mol. The van der Waals surface area contributed by atoms with Crippen molar-refractivity contribution in [1.82, 2.24) is 9.97 Å². The van der Waals surface area contributed by atoms with Crippen LogP contribution in [0.15, 0.2) is 11.6 Å². The second-order valence-electron chi connectivity index (χ2n) is 4.11. The predicted molar refractivity (Wildman–Crippen MR) is 74.5 cm³/mol. The molecule has 0 aliphatic carbocycles. The Morgan fingerprint density at radius 1 is 1.53 bits per heavy atom. The summed E-state index contributed by atoms with van der Waals surface area (Å²) in [6.45, 7) is 1.99. The SMILES string of the molecule is COC(=O)c1nc(-c2nccs2)sc1CC(C)CO. The minimum Gasteiger partial charge on any atom is -0.464 e. The fraction of sp³-hybridized carbons (Fsp3) is 0.417. The number of aliphatic hydroxyl groups is 1. The van der Waals surface area contributed by atoms with Crippen molar-refractivity contribution in [3.8, 4) is 10.0 Å². The number of hydrogen-bond donors (Lipinski definition) is 1. The van der Waals surface area contributed by atoms with Crippen LogP contribution in [0.1, 0.15) is 22.3 Å². The molecule has 19 heavy (non-hydrogen) atoms. The first kappa shape index (κ1) is 14.1. The Labute approximate surface area is 118 Å². The molecule has 2 heterocycles. The van der Waals surface area contributed by atoms with E-state index in [0.29, 0.717) is 12.1 Å². The quantitative estimate of drug-likeness (QED) is 0.857. The Balaban J connectivity index is 2.36. The molecule has 0 saturated carbocycles. The van der Waals surface area contributed by atoms with Gasteiger partial charge >= 0.3 is 5.97 Å². The van der Waals surface area contributed by atoms with Crippen molar-refractivity contribution >= 4 is 28.6 Å². The van der Waals surface area contributed by atoms with Gasteiger partial charge in [-0.05, 0) is 12.3 Å². The molecule has 0 radical (unpaired) electrons. The van der Waals surface area contributed by atoms with E-state index in [0.717, 1.165) is 14.9 Å². The summed E-state index contributed by atoms with van der Waals surface area (Å²) < 4.78 is 4.75. The minimum atomic E-state index is -0.445. The summed E-state index contributed by atoms with van der Waals surface area (Å²) in [5.41, 5.74) is 0.331. The van der Waals surface area contributed by atoms with Gasteiger partial charge in [0.15, 0.2) is 15.7 Å². The molecule has 102 valence electrons. The molecule has 0 amide bonds. The van der Waals surface area contributed by atoms with Crippen LogP contribution in [-0.2, 0) is 11.2 Å². The Morgan fingerprint density at radius 2 is 2.32 bits per heavy atom. The van der Waals surface area contributed by atoms with Crippen LogP contribution >= 0.6 is 22.7 Å². The van der Waals surface area contributed by atoms with Gasteiger partial charge in [0.2, 0.25) is 0 Å². The van der Waals surface area contributed by atoms with E-state index < -0.39 is 5.97 Å². The van der Waals surface area contributed by atoms with Gasteiger partial charge in [0, 0.05) is 23.1 Å². The van der Waals surface area contributed by atoms with Crippen LogP contribution in [0.3, 0.4) is 0 Å². The lowest BCUT2D eigenvalue weighted by Gasteiger charge is -2.05. The maximum atomic E-state index is 11.7. The Morgan fingerprint density at radius 3 is 2.89 bits per heavy atom. The van der Waals surface area contributed by atoms with Gasteiger partial charge in [-0.2, -0.15) is 0 Å². The molecule has 1 unspecified atom stereocenters. The minimum absolute atomic E-state index is 0.0745. The first-order valence-electron chi connectivity index (χ1n) is 5.74. The van der Waals surface area contributed by atoms with Crippen LogP contribution in [-0.4, -0.2) is 34.8 Å². The van der Waals surface area contributed by atoms with Gasteiger partial charge in [0.05, 0.1) is 7.11 Å². The van der Waals surface area contributed by atoms with Crippen LogP contribution in [0.2, 0.25) is 0 Å². The zero-order valence-corrected chi connectivity index (χ0v) is 12.3. The molecule has 2 aromatic rings. The number of carbonyl (C=O) groups excluding carboxylic acids is 1. The second kappa shape index (κ2) is 6.23. The molecule has 0 fully saturated rings. The standard InChI is InChI=1S/C12H14N2O3S2/c1-7(6-15)5-8-9(12(16)17-2)14-11(19-8)10-13-3-4-18-10/h3-4,7,15H,5-6H2,1-2H3. The van der Waals surface area contributed by atoms with Gasteiger partial charge in [-0.3, -0.25) is 0 Å². The van der Waals surface area contributed by atoms with E-state index in [9.17, 15) is 4.79 Å². The molecule has 2 rings (SSSR count). The van der Waals surface area contributed by atoms with Gasteiger partial charge < -0.3 is 9.84 Å². The normalized spacial score (nSPS) is 12.4. The highest BCUT2D eigenvalue weighted by Crippen LogP contribution is 2.31. The summed E-state index contributed by atoms with van der Waals surface area (Å²) in [5.74, 6) is -0.368.